The summed E-state index contributed by atoms with van der Waals surface area (Å²) >= 11 is 0. The third-order valence-corrected chi connectivity index (χ3v) is 5.06. The van der Waals surface area contributed by atoms with Crippen LogP contribution in [0.15, 0.2) is 36.4 Å². The van der Waals surface area contributed by atoms with Gasteiger partial charge in [0.05, 0.1) is 32.4 Å². The highest BCUT2D eigenvalue weighted by atomic mass is 16.5. The molecule has 0 amide bonds. The van der Waals surface area contributed by atoms with E-state index in [0.717, 1.165) is 35.4 Å². The molecule has 0 saturated heterocycles. The van der Waals surface area contributed by atoms with Crippen molar-refractivity contribution in [3.63, 3.8) is 0 Å². The maximum absolute atomic E-state index is 5.54. The number of benzene rings is 2. The molecule has 0 bridgehead atoms. The minimum absolute atomic E-state index is 0.593. The van der Waals surface area contributed by atoms with E-state index in [-0.39, 0.29) is 0 Å². The number of nitrogens with zero attached hydrogens (tertiary/aromatic N) is 2. The van der Waals surface area contributed by atoms with Gasteiger partial charge in [-0.05, 0) is 30.7 Å². The van der Waals surface area contributed by atoms with Crippen LogP contribution < -0.4 is 14.2 Å². The van der Waals surface area contributed by atoms with Gasteiger partial charge in [0.2, 0.25) is 5.75 Å². The van der Waals surface area contributed by atoms with Gasteiger partial charge in [-0.15, -0.1) is 0 Å². The highest BCUT2D eigenvalue weighted by Gasteiger charge is 2.18. The minimum atomic E-state index is 0.593. The quantitative estimate of drug-likeness (QED) is 0.422. The number of ether oxygens (including phenoxy) is 3. The van der Waals surface area contributed by atoms with Crippen molar-refractivity contribution >= 4 is 11.0 Å². The smallest absolute Gasteiger partial charge is 0.203 e. The van der Waals surface area contributed by atoms with Crippen LogP contribution in [0.25, 0.3) is 22.4 Å². The number of unbranched alkanes of at least 4 members (excludes halogenated alkanes) is 4. The molecule has 0 unspecified atom stereocenters. The second-order valence-electron chi connectivity index (χ2n) is 6.90. The summed E-state index contributed by atoms with van der Waals surface area (Å²) in [5, 5.41) is 0. The number of rotatable bonds is 10. The van der Waals surface area contributed by atoms with Gasteiger partial charge in [-0.25, -0.2) is 4.98 Å². The second kappa shape index (κ2) is 9.49. The summed E-state index contributed by atoms with van der Waals surface area (Å²) in [6.07, 6.45) is 6.20. The topological polar surface area (TPSA) is 45.5 Å². The van der Waals surface area contributed by atoms with Crippen molar-refractivity contribution in [2.45, 2.75) is 45.6 Å². The zero-order valence-corrected chi connectivity index (χ0v) is 17.3. The molecule has 5 nitrogen and oxygen atoms in total. The standard InChI is InChI=1S/C23H30N2O3/c1-5-6-7-8-11-14-25-19-13-10-9-12-18(19)24-23(25)17-15-20(26-2)22(28-4)21(16-17)27-3/h9-10,12-13,15-16H,5-8,11,14H2,1-4H3. The number of aryl methyl sites for hydroxylation is 1. The molecule has 0 atom stereocenters. The highest BCUT2D eigenvalue weighted by Crippen LogP contribution is 2.41. The monoisotopic (exact) mass is 382 g/mol. The SMILES string of the molecule is CCCCCCCn1c(-c2cc(OC)c(OC)c(OC)c2)nc2ccccc21. The van der Waals surface area contributed by atoms with Crippen LogP contribution in [0, 0.1) is 0 Å². The Balaban J connectivity index is 2.03. The van der Waals surface area contributed by atoms with E-state index in [1.54, 1.807) is 21.3 Å². The maximum Gasteiger partial charge on any atom is 0.203 e. The van der Waals surface area contributed by atoms with Crippen molar-refractivity contribution in [2.75, 3.05) is 21.3 Å². The summed E-state index contributed by atoms with van der Waals surface area (Å²) in [5.74, 6) is 2.80. The largest absolute Gasteiger partial charge is 0.493 e. The molecular weight excluding hydrogens is 352 g/mol. The third-order valence-electron chi connectivity index (χ3n) is 5.06. The summed E-state index contributed by atoms with van der Waals surface area (Å²) in [5.41, 5.74) is 3.11. The molecule has 150 valence electrons. The van der Waals surface area contributed by atoms with E-state index >= 15 is 0 Å². The van der Waals surface area contributed by atoms with Crippen molar-refractivity contribution in [3.8, 4) is 28.6 Å². The summed E-state index contributed by atoms with van der Waals surface area (Å²) in [4.78, 5) is 4.92. The molecule has 0 fully saturated rings. The normalized spacial score (nSPS) is 11.0. The molecule has 0 aliphatic rings. The molecule has 2 aromatic carbocycles. The number of methoxy groups -OCH3 is 3. The second-order valence-corrected chi connectivity index (χ2v) is 6.90. The van der Waals surface area contributed by atoms with E-state index in [2.05, 4.69) is 29.7 Å². The zero-order chi connectivity index (χ0) is 19.9. The van der Waals surface area contributed by atoms with E-state index in [1.807, 2.05) is 18.2 Å². The van der Waals surface area contributed by atoms with Crippen molar-refractivity contribution in [1.82, 2.24) is 9.55 Å². The molecule has 0 aliphatic heterocycles. The Kier molecular flexibility index (Phi) is 6.80. The van der Waals surface area contributed by atoms with Crippen molar-refractivity contribution in [2.24, 2.45) is 0 Å². The number of fused-ring (bicyclic) bond motifs is 1. The predicted octanol–water partition coefficient (Wildman–Crippen LogP) is 5.70. The fraction of sp³-hybridized carbons (Fsp3) is 0.435. The molecule has 0 radical (unpaired) electrons. The molecule has 0 aliphatic carbocycles. The van der Waals surface area contributed by atoms with Gasteiger partial charge in [-0.2, -0.15) is 0 Å². The number of aromatic nitrogens is 2. The van der Waals surface area contributed by atoms with Crippen molar-refractivity contribution in [1.29, 1.82) is 0 Å². The van der Waals surface area contributed by atoms with Gasteiger partial charge in [-0.3, -0.25) is 0 Å². The first-order chi connectivity index (χ1) is 13.7. The average molecular weight is 383 g/mol. The van der Waals surface area contributed by atoms with Crippen LogP contribution in [0.4, 0.5) is 0 Å². The first kappa shape index (κ1) is 20.1. The molecule has 1 aromatic heterocycles. The van der Waals surface area contributed by atoms with Gasteiger partial charge in [0.15, 0.2) is 11.5 Å². The number of para-hydroxylation sites is 2. The Hall–Kier alpha value is -2.69. The molecule has 0 spiro atoms. The number of hydrogen-bond acceptors (Lipinski definition) is 4. The van der Waals surface area contributed by atoms with E-state index < -0.39 is 0 Å². The summed E-state index contributed by atoms with van der Waals surface area (Å²) in [6.45, 7) is 3.18. The Bertz CT molecular complexity index is 892. The third kappa shape index (κ3) is 4.08. The Morgan fingerprint density at radius 3 is 2.18 bits per heavy atom. The lowest BCUT2D eigenvalue weighted by atomic mass is 10.1. The lowest BCUT2D eigenvalue weighted by Crippen LogP contribution is -2.02. The van der Waals surface area contributed by atoms with Gasteiger partial charge in [0.1, 0.15) is 5.82 Å². The van der Waals surface area contributed by atoms with Crippen molar-refractivity contribution < 1.29 is 14.2 Å². The van der Waals surface area contributed by atoms with Crippen LogP contribution in [-0.2, 0) is 6.54 Å². The molecule has 3 rings (SSSR count). The summed E-state index contributed by atoms with van der Waals surface area (Å²) in [6, 6.07) is 12.2. The predicted molar refractivity (Wildman–Crippen MR) is 114 cm³/mol. The molecule has 0 saturated carbocycles. The first-order valence-electron chi connectivity index (χ1n) is 9.99. The first-order valence-corrected chi connectivity index (χ1v) is 9.99. The maximum atomic E-state index is 5.54. The molecule has 28 heavy (non-hydrogen) atoms. The van der Waals surface area contributed by atoms with Crippen LogP contribution in [0.5, 0.6) is 17.2 Å². The van der Waals surface area contributed by atoms with E-state index in [4.69, 9.17) is 19.2 Å². The van der Waals surface area contributed by atoms with Gasteiger partial charge in [-0.1, -0.05) is 44.7 Å². The number of hydrogen-bond donors (Lipinski definition) is 0. The van der Waals surface area contributed by atoms with Gasteiger partial charge >= 0.3 is 0 Å². The highest BCUT2D eigenvalue weighted by molar-refractivity contribution is 5.81. The summed E-state index contributed by atoms with van der Waals surface area (Å²) < 4.78 is 18.8. The van der Waals surface area contributed by atoms with Crippen LogP contribution in [-0.4, -0.2) is 30.9 Å². The zero-order valence-electron chi connectivity index (χ0n) is 17.3. The molecule has 0 N–H and O–H groups in total. The van der Waals surface area contributed by atoms with Gasteiger partial charge < -0.3 is 18.8 Å². The van der Waals surface area contributed by atoms with Crippen LogP contribution in [0.3, 0.4) is 0 Å². The summed E-state index contributed by atoms with van der Waals surface area (Å²) in [7, 11) is 4.89. The Labute approximate surface area is 167 Å². The van der Waals surface area contributed by atoms with Crippen LogP contribution in [0.2, 0.25) is 0 Å². The number of imidazole rings is 1. The fourth-order valence-corrected chi connectivity index (χ4v) is 3.61. The van der Waals surface area contributed by atoms with E-state index in [9.17, 15) is 0 Å². The van der Waals surface area contributed by atoms with E-state index in [0.29, 0.717) is 17.2 Å². The lowest BCUT2D eigenvalue weighted by Gasteiger charge is -2.15. The van der Waals surface area contributed by atoms with Gasteiger partial charge in [0.25, 0.3) is 0 Å². The Morgan fingerprint density at radius 2 is 1.54 bits per heavy atom. The molecule has 1 heterocycles. The molecule has 5 heteroatoms. The van der Waals surface area contributed by atoms with Crippen LogP contribution >= 0.6 is 0 Å². The van der Waals surface area contributed by atoms with Crippen molar-refractivity contribution in [3.05, 3.63) is 36.4 Å². The molecular formula is C23H30N2O3. The Morgan fingerprint density at radius 1 is 0.857 bits per heavy atom. The van der Waals surface area contributed by atoms with Crippen LogP contribution in [0.1, 0.15) is 39.0 Å². The fourth-order valence-electron chi connectivity index (χ4n) is 3.61. The molecule has 3 aromatic rings. The minimum Gasteiger partial charge on any atom is -0.493 e. The van der Waals surface area contributed by atoms with E-state index in [1.165, 1.54) is 25.7 Å². The lowest BCUT2D eigenvalue weighted by molar-refractivity contribution is 0.324. The van der Waals surface area contributed by atoms with Gasteiger partial charge in [0, 0.05) is 12.1 Å². The average Bonchev–Trinajstić information content (AvgIpc) is 3.11.